The van der Waals surface area contributed by atoms with Crippen molar-refractivity contribution < 1.29 is 4.74 Å². The lowest BCUT2D eigenvalue weighted by Crippen LogP contribution is -2.18. The van der Waals surface area contributed by atoms with Crippen LogP contribution in [0.1, 0.15) is 30.5 Å². The van der Waals surface area contributed by atoms with Crippen LogP contribution in [-0.2, 0) is 24.5 Å². The van der Waals surface area contributed by atoms with Crippen molar-refractivity contribution in [2.45, 2.75) is 33.6 Å². The third-order valence-electron chi connectivity index (χ3n) is 2.67. The van der Waals surface area contributed by atoms with E-state index in [0.717, 1.165) is 26.3 Å². The Kier molecular flexibility index (Phi) is 3.39. The summed E-state index contributed by atoms with van der Waals surface area (Å²) >= 11 is 0. The fourth-order valence-corrected chi connectivity index (χ4v) is 1.84. The van der Waals surface area contributed by atoms with E-state index in [1.807, 2.05) is 0 Å². The number of benzene rings is 1. The summed E-state index contributed by atoms with van der Waals surface area (Å²) in [7, 11) is 0. The van der Waals surface area contributed by atoms with Crippen molar-refractivity contribution >= 4 is 0 Å². The quantitative estimate of drug-likeness (QED) is 0.815. The third-order valence-corrected chi connectivity index (χ3v) is 2.67. The molecule has 1 aromatic carbocycles. The zero-order valence-corrected chi connectivity index (χ0v) is 9.55. The molecule has 1 heterocycles. The highest BCUT2D eigenvalue weighted by Gasteiger charge is 2.10. The lowest BCUT2D eigenvalue weighted by Gasteiger charge is -2.08. The fourth-order valence-electron chi connectivity index (χ4n) is 1.84. The Labute approximate surface area is 91.6 Å². The highest BCUT2D eigenvalue weighted by molar-refractivity contribution is 5.33. The van der Waals surface area contributed by atoms with Gasteiger partial charge in [0.1, 0.15) is 0 Å². The summed E-state index contributed by atoms with van der Waals surface area (Å²) in [6.07, 6.45) is 0. The van der Waals surface area contributed by atoms with Crippen molar-refractivity contribution in [3.63, 3.8) is 0 Å². The van der Waals surface area contributed by atoms with Gasteiger partial charge in [0.25, 0.3) is 0 Å². The van der Waals surface area contributed by atoms with Gasteiger partial charge in [0.05, 0.1) is 13.2 Å². The lowest BCUT2D eigenvalue weighted by molar-refractivity contribution is 0.134. The van der Waals surface area contributed by atoms with Crippen molar-refractivity contribution in [3.05, 3.63) is 34.9 Å². The molecule has 1 aliphatic heterocycles. The van der Waals surface area contributed by atoms with Crippen LogP contribution in [0.2, 0.25) is 0 Å². The minimum Gasteiger partial charge on any atom is -0.372 e. The van der Waals surface area contributed by atoms with Gasteiger partial charge in [-0.1, -0.05) is 32.0 Å². The molecule has 0 unspecified atom stereocenters. The maximum atomic E-state index is 5.39. The van der Waals surface area contributed by atoms with Gasteiger partial charge in [-0.25, -0.2) is 0 Å². The first-order chi connectivity index (χ1) is 7.25. The van der Waals surface area contributed by atoms with E-state index in [1.54, 1.807) is 0 Å². The van der Waals surface area contributed by atoms with Crippen molar-refractivity contribution in [1.29, 1.82) is 0 Å². The van der Waals surface area contributed by atoms with Gasteiger partial charge < -0.3 is 10.1 Å². The van der Waals surface area contributed by atoms with Gasteiger partial charge in [0, 0.05) is 6.54 Å². The molecule has 1 aromatic rings. The molecule has 2 heteroatoms. The van der Waals surface area contributed by atoms with Crippen LogP contribution in [0, 0.1) is 5.92 Å². The first kappa shape index (κ1) is 10.7. The molecule has 0 saturated carbocycles. The van der Waals surface area contributed by atoms with Crippen LogP contribution >= 0.6 is 0 Å². The van der Waals surface area contributed by atoms with Gasteiger partial charge in [0.2, 0.25) is 0 Å². The van der Waals surface area contributed by atoms with Crippen LogP contribution in [0.3, 0.4) is 0 Å². The lowest BCUT2D eigenvalue weighted by atomic mass is 10.1. The van der Waals surface area contributed by atoms with E-state index in [2.05, 4.69) is 37.4 Å². The Bertz CT molecular complexity index is 333. The monoisotopic (exact) mass is 205 g/mol. The molecule has 0 aliphatic carbocycles. The predicted octanol–water partition coefficient (Wildman–Crippen LogP) is 2.46. The standard InChI is InChI=1S/C13H19NO/c1-10(2)6-14-7-11-3-4-12-8-15-9-13(12)5-11/h3-5,10,14H,6-9H2,1-2H3. The third kappa shape index (κ3) is 2.80. The molecule has 82 valence electrons. The minimum absolute atomic E-state index is 0.711. The SMILES string of the molecule is CC(C)CNCc1ccc2c(c1)COC2. The largest absolute Gasteiger partial charge is 0.372 e. The van der Waals surface area contributed by atoms with Crippen LogP contribution in [-0.4, -0.2) is 6.54 Å². The number of nitrogens with one attached hydrogen (secondary N) is 1. The van der Waals surface area contributed by atoms with Crippen molar-refractivity contribution in [2.24, 2.45) is 5.92 Å². The van der Waals surface area contributed by atoms with Gasteiger partial charge in [0.15, 0.2) is 0 Å². The number of ether oxygens (including phenoxy) is 1. The van der Waals surface area contributed by atoms with Crippen LogP contribution in [0.4, 0.5) is 0 Å². The molecular formula is C13H19NO. The molecule has 1 N–H and O–H groups in total. The van der Waals surface area contributed by atoms with Crippen molar-refractivity contribution in [3.8, 4) is 0 Å². The number of hydrogen-bond acceptors (Lipinski definition) is 2. The Morgan fingerprint density at radius 1 is 1.27 bits per heavy atom. The maximum absolute atomic E-state index is 5.39. The molecule has 0 bridgehead atoms. The first-order valence-corrected chi connectivity index (χ1v) is 5.65. The normalized spacial score (nSPS) is 14.6. The smallest absolute Gasteiger partial charge is 0.0725 e. The average Bonchev–Trinajstić information content (AvgIpc) is 2.64. The zero-order valence-electron chi connectivity index (χ0n) is 9.55. The number of rotatable bonds is 4. The van der Waals surface area contributed by atoms with E-state index in [4.69, 9.17) is 4.74 Å². The van der Waals surface area contributed by atoms with Crippen molar-refractivity contribution in [1.82, 2.24) is 5.32 Å². The average molecular weight is 205 g/mol. The summed E-state index contributed by atoms with van der Waals surface area (Å²) in [5.74, 6) is 0.711. The summed E-state index contributed by atoms with van der Waals surface area (Å²) in [6, 6.07) is 6.64. The molecule has 2 rings (SSSR count). The van der Waals surface area contributed by atoms with E-state index >= 15 is 0 Å². The molecule has 0 spiro atoms. The highest BCUT2D eigenvalue weighted by atomic mass is 16.5. The Morgan fingerprint density at radius 2 is 2.07 bits per heavy atom. The summed E-state index contributed by atoms with van der Waals surface area (Å²) in [5.41, 5.74) is 4.07. The first-order valence-electron chi connectivity index (χ1n) is 5.65. The van der Waals surface area contributed by atoms with E-state index < -0.39 is 0 Å². The topological polar surface area (TPSA) is 21.3 Å². The molecule has 0 atom stereocenters. The summed E-state index contributed by atoms with van der Waals surface area (Å²) in [6.45, 7) is 8.06. The second kappa shape index (κ2) is 4.77. The van der Waals surface area contributed by atoms with Gasteiger partial charge >= 0.3 is 0 Å². The van der Waals surface area contributed by atoms with Crippen LogP contribution < -0.4 is 5.32 Å². The maximum Gasteiger partial charge on any atom is 0.0725 e. The van der Waals surface area contributed by atoms with Crippen LogP contribution in [0.25, 0.3) is 0 Å². The van der Waals surface area contributed by atoms with Crippen LogP contribution in [0.5, 0.6) is 0 Å². The Morgan fingerprint density at radius 3 is 2.87 bits per heavy atom. The minimum atomic E-state index is 0.711. The van der Waals surface area contributed by atoms with Gasteiger partial charge in [-0.3, -0.25) is 0 Å². The summed E-state index contributed by atoms with van der Waals surface area (Å²) in [4.78, 5) is 0. The summed E-state index contributed by atoms with van der Waals surface area (Å²) in [5, 5.41) is 3.45. The van der Waals surface area contributed by atoms with E-state index in [9.17, 15) is 0 Å². The molecule has 0 saturated heterocycles. The van der Waals surface area contributed by atoms with E-state index in [-0.39, 0.29) is 0 Å². The molecule has 1 aliphatic rings. The molecular weight excluding hydrogens is 186 g/mol. The van der Waals surface area contributed by atoms with Gasteiger partial charge in [-0.15, -0.1) is 0 Å². The predicted molar refractivity (Wildman–Crippen MR) is 61.5 cm³/mol. The second-order valence-corrected chi connectivity index (χ2v) is 4.62. The molecule has 0 fully saturated rings. The van der Waals surface area contributed by atoms with Gasteiger partial charge in [-0.2, -0.15) is 0 Å². The van der Waals surface area contributed by atoms with Crippen LogP contribution in [0.15, 0.2) is 18.2 Å². The van der Waals surface area contributed by atoms with E-state index in [0.29, 0.717) is 5.92 Å². The molecule has 0 radical (unpaired) electrons. The molecule has 2 nitrogen and oxygen atoms in total. The summed E-state index contributed by atoms with van der Waals surface area (Å²) < 4.78 is 5.39. The molecule has 0 aromatic heterocycles. The molecule has 15 heavy (non-hydrogen) atoms. The fraction of sp³-hybridized carbons (Fsp3) is 0.538. The highest BCUT2D eigenvalue weighted by Crippen LogP contribution is 2.20. The Balaban J connectivity index is 1.92. The zero-order chi connectivity index (χ0) is 10.7. The second-order valence-electron chi connectivity index (χ2n) is 4.62. The van der Waals surface area contributed by atoms with Crippen molar-refractivity contribution in [2.75, 3.05) is 6.54 Å². The number of fused-ring (bicyclic) bond motifs is 1. The number of hydrogen-bond donors (Lipinski definition) is 1. The van der Waals surface area contributed by atoms with Gasteiger partial charge in [-0.05, 0) is 29.2 Å². The van der Waals surface area contributed by atoms with E-state index in [1.165, 1.54) is 16.7 Å². The Hall–Kier alpha value is -0.860. The molecule has 0 amide bonds.